The quantitative estimate of drug-likeness (QED) is 0.807. The first kappa shape index (κ1) is 14.3. The lowest BCUT2D eigenvalue weighted by atomic mass is 9.90. The van der Waals surface area contributed by atoms with Crippen LogP contribution >= 0.6 is 0 Å². The van der Waals surface area contributed by atoms with Crippen LogP contribution in [0.15, 0.2) is 0 Å². The number of hydrogen-bond donors (Lipinski definition) is 1. The highest BCUT2D eigenvalue weighted by Crippen LogP contribution is 2.21. The summed E-state index contributed by atoms with van der Waals surface area (Å²) in [4.78, 5) is 13.7. The number of rotatable bonds is 2. The summed E-state index contributed by atoms with van der Waals surface area (Å²) < 4.78 is 5.38. The maximum absolute atomic E-state index is 11.9. The number of piperidine rings is 1. The molecule has 100 valence electrons. The van der Waals surface area contributed by atoms with Crippen LogP contribution in [-0.4, -0.2) is 42.8 Å². The van der Waals surface area contributed by atoms with Crippen LogP contribution in [0.3, 0.4) is 0 Å². The molecule has 1 aliphatic heterocycles. The van der Waals surface area contributed by atoms with Gasteiger partial charge in [0.05, 0.1) is 0 Å². The van der Waals surface area contributed by atoms with Gasteiger partial charge < -0.3 is 15.0 Å². The van der Waals surface area contributed by atoms with E-state index in [1.807, 2.05) is 27.8 Å². The zero-order valence-corrected chi connectivity index (χ0v) is 11.7. The number of carbonyl (C=O) groups excluding carboxylic acids is 1. The molecule has 1 saturated heterocycles. The second-order valence-electron chi connectivity index (χ2n) is 5.92. The lowest BCUT2D eigenvalue weighted by Crippen LogP contribution is -2.45. The lowest BCUT2D eigenvalue weighted by molar-refractivity contribution is 0.0167. The second-order valence-corrected chi connectivity index (χ2v) is 5.92. The monoisotopic (exact) mass is 242 g/mol. The zero-order chi connectivity index (χ0) is 13.1. The Kier molecular flexibility index (Phi) is 4.80. The van der Waals surface area contributed by atoms with Crippen LogP contribution in [0, 0.1) is 5.92 Å². The van der Waals surface area contributed by atoms with Crippen LogP contribution in [0.4, 0.5) is 4.79 Å². The molecule has 1 aliphatic rings. The molecule has 1 fully saturated rings. The average molecular weight is 242 g/mol. The van der Waals surface area contributed by atoms with E-state index in [2.05, 4.69) is 12.2 Å². The van der Waals surface area contributed by atoms with E-state index in [9.17, 15) is 4.79 Å². The van der Waals surface area contributed by atoms with E-state index in [0.29, 0.717) is 5.92 Å². The molecular formula is C13H26N2O2. The Bertz CT molecular complexity index is 255. The van der Waals surface area contributed by atoms with Gasteiger partial charge in [0.2, 0.25) is 0 Å². The van der Waals surface area contributed by atoms with Crippen molar-refractivity contribution in [3.05, 3.63) is 0 Å². The number of carbonyl (C=O) groups is 1. The third kappa shape index (κ3) is 4.54. The highest BCUT2D eigenvalue weighted by atomic mass is 16.6. The van der Waals surface area contributed by atoms with Gasteiger partial charge in [-0.2, -0.15) is 0 Å². The molecule has 0 saturated carbocycles. The van der Waals surface area contributed by atoms with E-state index in [-0.39, 0.29) is 12.1 Å². The van der Waals surface area contributed by atoms with Crippen molar-refractivity contribution in [3.63, 3.8) is 0 Å². The minimum atomic E-state index is -0.417. The van der Waals surface area contributed by atoms with Gasteiger partial charge in [0.1, 0.15) is 5.60 Å². The number of nitrogens with one attached hydrogen (secondary N) is 1. The Morgan fingerprint density at radius 1 is 1.35 bits per heavy atom. The lowest BCUT2D eigenvalue weighted by Gasteiger charge is -2.35. The summed E-state index contributed by atoms with van der Waals surface area (Å²) >= 11 is 0. The third-order valence-corrected chi connectivity index (χ3v) is 3.36. The SMILES string of the molecule is CC(C1CCNCC1)N(C)C(=O)OC(C)(C)C. The van der Waals surface area contributed by atoms with Crippen molar-refractivity contribution in [2.45, 2.75) is 52.2 Å². The van der Waals surface area contributed by atoms with Crippen LogP contribution in [0.2, 0.25) is 0 Å². The number of ether oxygens (including phenoxy) is 1. The van der Waals surface area contributed by atoms with E-state index in [1.54, 1.807) is 4.90 Å². The minimum absolute atomic E-state index is 0.219. The smallest absolute Gasteiger partial charge is 0.410 e. The topological polar surface area (TPSA) is 41.6 Å². The molecule has 0 radical (unpaired) electrons. The van der Waals surface area contributed by atoms with Crippen molar-refractivity contribution >= 4 is 6.09 Å². The van der Waals surface area contributed by atoms with E-state index in [1.165, 1.54) is 0 Å². The fourth-order valence-corrected chi connectivity index (χ4v) is 2.14. The fraction of sp³-hybridized carbons (Fsp3) is 0.923. The molecule has 1 heterocycles. The van der Waals surface area contributed by atoms with Crippen LogP contribution in [0.5, 0.6) is 0 Å². The number of nitrogens with zero attached hydrogens (tertiary/aromatic N) is 1. The van der Waals surface area contributed by atoms with Crippen molar-refractivity contribution in [3.8, 4) is 0 Å². The van der Waals surface area contributed by atoms with Crippen molar-refractivity contribution in [2.24, 2.45) is 5.92 Å². The van der Waals surface area contributed by atoms with Gasteiger partial charge in [0, 0.05) is 13.1 Å². The molecule has 4 heteroatoms. The summed E-state index contributed by atoms with van der Waals surface area (Å²) in [7, 11) is 1.83. The van der Waals surface area contributed by atoms with Gasteiger partial charge in [-0.25, -0.2) is 4.79 Å². The molecule has 17 heavy (non-hydrogen) atoms. The van der Waals surface area contributed by atoms with Gasteiger partial charge in [-0.05, 0) is 59.5 Å². The summed E-state index contributed by atoms with van der Waals surface area (Å²) in [6, 6.07) is 0.243. The Balaban J connectivity index is 2.50. The first-order valence-electron chi connectivity index (χ1n) is 6.48. The van der Waals surface area contributed by atoms with Gasteiger partial charge in [-0.15, -0.1) is 0 Å². The molecule has 0 aromatic rings. The van der Waals surface area contributed by atoms with Crippen molar-refractivity contribution in [2.75, 3.05) is 20.1 Å². The zero-order valence-electron chi connectivity index (χ0n) is 11.7. The van der Waals surface area contributed by atoms with Crippen LogP contribution in [0.25, 0.3) is 0 Å². The van der Waals surface area contributed by atoms with Gasteiger partial charge in [0.15, 0.2) is 0 Å². The van der Waals surface area contributed by atoms with Crippen molar-refractivity contribution < 1.29 is 9.53 Å². The van der Waals surface area contributed by atoms with E-state index in [4.69, 9.17) is 4.74 Å². The molecule has 1 atom stereocenters. The first-order valence-corrected chi connectivity index (χ1v) is 6.48. The fourth-order valence-electron chi connectivity index (χ4n) is 2.14. The van der Waals surface area contributed by atoms with E-state index in [0.717, 1.165) is 25.9 Å². The normalized spacial score (nSPS) is 19.8. The predicted molar refractivity (Wildman–Crippen MR) is 69.1 cm³/mol. The molecule has 1 rings (SSSR count). The molecule has 0 aliphatic carbocycles. The highest BCUT2D eigenvalue weighted by Gasteiger charge is 2.28. The van der Waals surface area contributed by atoms with Crippen molar-refractivity contribution in [1.82, 2.24) is 10.2 Å². The van der Waals surface area contributed by atoms with Crippen LogP contribution < -0.4 is 5.32 Å². The Morgan fingerprint density at radius 2 is 1.88 bits per heavy atom. The molecule has 4 nitrogen and oxygen atoms in total. The third-order valence-electron chi connectivity index (χ3n) is 3.36. The predicted octanol–water partition coefficient (Wildman–Crippen LogP) is 2.24. The summed E-state index contributed by atoms with van der Waals surface area (Å²) in [5.74, 6) is 0.578. The maximum Gasteiger partial charge on any atom is 0.410 e. The van der Waals surface area contributed by atoms with Gasteiger partial charge >= 0.3 is 6.09 Å². The van der Waals surface area contributed by atoms with Crippen LogP contribution in [-0.2, 0) is 4.74 Å². The van der Waals surface area contributed by atoms with Crippen molar-refractivity contribution in [1.29, 1.82) is 0 Å². The minimum Gasteiger partial charge on any atom is -0.444 e. The standard InChI is InChI=1S/C13H26N2O2/c1-10(11-6-8-14-9-7-11)15(5)12(16)17-13(2,3)4/h10-11,14H,6-9H2,1-5H3. The first-order chi connectivity index (χ1) is 7.81. The summed E-state index contributed by atoms with van der Waals surface area (Å²) in [5, 5.41) is 3.34. The van der Waals surface area contributed by atoms with E-state index >= 15 is 0 Å². The molecule has 1 N–H and O–H groups in total. The maximum atomic E-state index is 11.9. The van der Waals surface area contributed by atoms with Gasteiger partial charge in [-0.1, -0.05) is 0 Å². The van der Waals surface area contributed by atoms with Crippen LogP contribution in [0.1, 0.15) is 40.5 Å². The van der Waals surface area contributed by atoms with E-state index < -0.39 is 5.60 Å². The summed E-state index contributed by atoms with van der Waals surface area (Å²) in [6.45, 7) is 9.91. The number of hydrogen-bond acceptors (Lipinski definition) is 3. The summed E-state index contributed by atoms with van der Waals surface area (Å²) in [6.07, 6.45) is 2.05. The molecule has 1 amide bonds. The molecule has 0 spiro atoms. The Morgan fingerprint density at radius 3 is 2.35 bits per heavy atom. The molecule has 0 aromatic heterocycles. The molecule has 0 aromatic carbocycles. The molecule has 1 unspecified atom stereocenters. The average Bonchev–Trinajstić information content (AvgIpc) is 2.26. The summed E-state index contributed by atoms with van der Waals surface area (Å²) in [5.41, 5.74) is -0.417. The Labute approximate surface area is 105 Å². The van der Waals surface area contributed by atoms with Gasteiger partial charge in [-0.3, -0.25) is 0 Å². The molecular weight excluding hydrogens is 216 g/mol. The second kappa shape index (κ2) is 5.71. The highest BCUT2D eigenvalue weighted by molar-refractivity contribution is 5.68. The van der Waals surface area contributed by atoms with Gasteiger partial charge in [0.25, 0.3) is 0 Å². The molecule has 0 bridgehead atoms. The Hall–Kier alpha value is -0.770. The largest absolute Gasteiger partial charge is 0.444 e. The number of amides is 1.